The lowest BCUT2D eigenvalue weighted by Crippen LogP contribution is -2.29. The lowest BCUT2D eigenvalue weighted by Gasteiger charge is -2.11. The third kappa shape index (κ3) is 2.32. The molecule has 0 amide bonds. The first-order valence-electron chi connectivity index (χ1n) is 5.16. The monoisotopic (exact) mass is 220 g/mol. The van der Waals surface area contributed by atoms with Crippen LogP contribution in [0.3, 0.4) is 0 Å². The number of aryl methyl sites for hydroxylation is 1. The predicted octanol–water partition coefficient (Wildman–Crippen LogP) is 1.54. The van der Waals surface area contributed by atoms with Crippen LogP contribution in [0.2, 0.25) is 0 Å². The zero-order chi connectivity index (χ0) is 11.5. The number of H-pyrrole nitrogens is 1. The summed E-state index contributed by atoms with van der Waals surface area (Å²) in [7, 11) is 3.91. The summed E-state index contributed by atoms with van der Waals surface area (Å²) in [6.45, 7) is 2.65. The molecule has 0 atom stereocenters. The molecule has 16 heavy (non-hydrogen) atoms. The molecule has 0 bridgehead atoms. The smallest absolute Gasteiger partial charge is 0.152 e. The summed E-state index contributed by atoms with van der Waals surface area (Å²) in [5.74, 6) is 1.72. The summed E-state index contributed by atoms with van der Waals surface area (Å²) >= 11 is 0. The highest BCUT2D eigenvalue weighted by molar-refractivity contribution is 5.56. The molecule has 0 aliphatic heterocycles. The molecule has 2 heterocycles. The van der Waals surface area contributed by atoms with Gasteiger partial charge in [-0.05, 0) is 19.1 Å². The number of hydrogen-bond acceptors (Lipinski definition) is 4. The van der Waals surface area contributed by atoms with Crippen LogP contribution in [0.1, 0.15) is 11.3 Å². The Bertz CT molecular complexity index is 458. The van der Waals surface area contributed by atoms with Crippen molar-refractivity contribution in [1.82, 2.24) is 20.6 Å². The van der Waals surface area contributed by atoms with E-state index in [1.54, 1.807) is 0 Å². The SMILES string of the molecule is Cc1ccc(-c2[nH]ncc2CNN(C)C)o1. The first-order chi connectivity index (χ1) is 7.66. The standard InChI is InChI=1S/C11H16N4O/c1-8-4-5-10(16-8)11-9(6-12-14-11)7-13-15(2)3/h4-6,13H,7H2,1-3H3,(H,12,14). The van der Waals surface area contributed by atoms with Crippen molar-refractivity contribution in [2.75, 3.05) is 14.1 Å². The second kappa shape index (κ2) is 4.51. The number of nitrogens with one attached hydrogen (secondary N) is 2. The van der Waals surface area contributed by atoms with Gasteiger partial charge < -0.3 is 4.42 Å². The van der Waals surface area contributed by atoms with E-state index in [0.717, 1.165) is 29.3 Å². The summed E-state index contributed by atoms with van der Waals surface area (Å²) in [6, 6.07) is 3.89. The number of aromatic nitrogens is 2. The van der Waals surface area contributed by atoms with Crippen molar-refractivity contribution < 1.29 is 4.42 Å². The second-order valence-electron chi connectivity index (χ2n) is 3.91. The van der Waals surface area contributed by atoms with Crippen LogP contribution in [0.25, 0.3) is 11.5 Å². The Labute approximate surface area is 94.4 Å². The van der Waals surface area contributed by atoms with Crippen LogP contribution < -0.4 is 5.43 Å². The number of hydrogen-bond donors (Lipinski definition) is 2. The largest absolute Gasteiger partial charge is 0.460 e. The normalized spacial score (nSPS) is 11.2. The third-order valence-electron chi connectivity index (χ3n) is 2.29. The van der Waals surface area contributed by atoms with Crippen LogP contribution in [-0.4, -0.2) is 29.3 Å². The minimum Gasteiger partial charge on any atom is -0.460 e. The topological polar surface area (TPSA) is 57.1 Å². The van der Waals surface area contributed by atoms with Gasteiger partial charge in [-0.25, -0.2) is 0 Å². The minimum atomic E-state index is 0.721. The van der Waals surface area contributed by atoms with Crippen LogP contribution in [-0.2, 0) is 6.54 Å². The molecule has 0 spiro atoms. The predicted molar refractivity (Wildman–Crippen MR) is 61.6 cm³/mol. The van der Waals surface area contributed by atoms with Crippen molar-refractivity contribution in [3.63, 3.8) is 0 Å². The highest BCUT2D eigenvalue weighted by Crippen LogP contribution is 2.23. The Hall–Kier alpha value is -1.59. The van der Waals surface area contributed by atoms with E-state index < -0.39 is 0 Å². The molecule has 86 valence electrons. The average molecular weight is 220 g/mol. The van der Waals surface area contributed by atoms with Gasteiger partial charge in [-0.1, -0.05) is 0 Å². The quantitative estimate of drug-likeness (QED) is 0.767. The van der Waals surface area contributed by atoms with Gasteiger partial charge in [-0.2, -0.15) is 5.10 Å². The molecule has 0 radical (unpaired) electrons. The van der Waals surface area contributed by atoms with E-state index in [4.69, 9.17) is 4.42 Å². The van der Waals surface area contributed by atoms with Crippen molar-refractivity contribution in [3.8, 4) is 11.5 Å². The van der Waals surface area contributed by atoms with Gasteiger partial charge in [0, 0.05) is 26.2 Å². The molecule has 2 aromatic heterocycles. The molecule has 0 aromatic carbocycles. The van der Waals surface area contributed by atoms with Crippen LogP contribution in [0, 0.1) is 6.92 Å². The summed E-state index contributed by atoms with van der Waals surface area (Å²) in [6.07, 6.45) is 1.81. The zero-order valence-corrected chi connectivity index (χ0v) is 9.74. The van der Waals surface area contributed by atoms with Crippen molar-refractivity contribution in [3.05, 3.63) is 29.7 Å². The summed E-state index contributed by atoms with van der Waals surface area (Å²) in [4.78, 5) is 0. The van der Waals surface area contributed by atoms with Crippen LogP contribution in [0.5, 0.6) is 0 Å². The highest BCUT2D eigenvalue weighted by atomic mass is 16.3. The molecule has 5 heteroatoms. The maximum absolute atomic E-state index is 5.56. The number of nitrogens with zero attached hydrogens (tertiary/aromatic N) is 2. The molecule has 0 unspecified atom stereocenters. The number of hydrazine groups is 1. The van der Waals surface area contributed by atoms with Gasteiger partial charge in [-0.15, -0.1) is 0 Å². The van der Waals surface area contributed by atoms with E-state index in [2.05, 4.69) is 15.6 Å². The van der Waals surface area contributed by atoms with Gasteiger partial charge in [0.15, 0.2) is 5.76 Å². The molecule has 5 nitrogen and oxygen atoms in total. The van der Waals surface area contributed by atoms with E-state index in [9.17, 15) is 0 Å². The fourth-order valence-electron chi connectivity index (χ4n) is 1.47. The Morgan fingerprint density at radius 1 is 1.44 bits per heavy atom. The Morgan fingerprint density at radius 3 is 2.88 bits per heavy atom. The van der Waals surface area contributed by atoms with Gasteiger partial charge >= 0.3 is 0 Å². The molecule has 0 fully saturated rings. The lowest BCUT2D eigenvalue weighted by atomic mass is 10.2. The summed E-state index contributed by atoms with van der Waals surface area (Å²) in [5, 5.41) is 8.91. The Balaban J connectivity index is 2.19. The maximum Gasteiger partial charge on any atom is 0.152 e. The minimum absolute atomic E-state index is 0.721. The third-order valence-corrected chi connectivity index (χ3v) is 2.29. The fraction of sp³-hybridized carbons (Fsp3) is 0.364. The van der Waals surface area contributed by atoms with Crippen LogP contribution in [0.4, 0.5) is 0 Å². The van der Waals surface area contributed by atoms with Gasteiger partial charge in [0.05, 0.1) is 6.20 Å². The van der Waals surface area contributed by atoms with Gasteiger partial charge in [0.25, 0.3) is 0 Å². The van der Waals surface area contributed by atoms with E-state index in [1.165, 1.54) is 0 Å². The van der Waals surface area contributed by atoms with Crippen molar-refractivity contribution in [2.45, 2.75) is 13.5 Å². The van der Waals surface area contributed by atoms with Crippen molar-refractivity contribution in [2.24, 2.45) is 0 Å². The Kier molecular flexibility index (Phi) is 3.07. The molecular weight excluding hydrogens is 204 g/mol. The number of rotatable bonds is 4. The lowest BCUT2D eigenvalue weighted by molar-refractivity contribution is 0.286. The molecule has 0 aliphatic rings. The number of aromatic amines is 1. The van der Waals surface area contributed by atoms with E-state index >= 15 is 0 Å². The number of furan rings is 1. The first-order valence-corrected chi connectivity index (χ1v) is 5.16. The van der Waals surface area contributed by atoms with Gasteiger partial charge in [0.2, 0.25) is 0 Å². The molecule has 2 N–H and O–H groups in total. The molecule has 0 saturated heterocycles. The van der Waals surface area contributed by atoms with E-state index in [0.29, 0.717) is 0 Å². The first kappa shape index (κ1) is 10.9. The summed E-state index contributed by atoms with van der Waals surface area (Å²) < 4.78 is 5.56. The zero-order valence-electron chi connectivity index (χ0n) is 9.74. The van der Waals surface area contributed by atoms with Gasteiger partial charge in [-0.3, -0.25) is 15.5 Å². The van der Waals surface area contributed by atoms with Crippen molar-refractivity contribution >= 4 is 0 Å². The van der Waals surface area contributed by atoms with E-state index in [-0.39, 0.29) is 0 Å². The summed E-state index contributed by atoms with van der Waals surface area (Å²) in [5.41, 5.74) is 5.22. The van der Waals surface area contributed by atoms with Gasteiger partial charge in [0.1, 0.15) is 11.5 Å². The van der Waals surface area contributed by atoms with Crippen LogP contribution >= 0.6 is 0 Å². The molecule has 0 aliphatic carbocycles. The highest BCUT2D eigenvalue weighted by Gasteiger charge is 2.10. The van der Waals surface area contributed by atoms with Crippen LogP contribution in [0.15, 0.2) is 22.7 Å². The molecule has 0 saturated carbocycles. The Morgan fingerprint density at radius 2 is 2.25 bits per heavy atom. The van der Waals surface area contributed by atoms with Crippen molar-refractivity contribution in [1.29, 1.82) is 0 Å². The molecule has 2 rings (SSSR count). The maximum atomic E-state index is 5.56. The van der Waals surface area contributed by atoms with E-state index in [1.807, 2.05) is 44.4 Å². The fourth-order valence-corrected chi connectivity index (χ4v) is 1.47. The molecule has 2 aromatic rings. The molecular formula is C11H16N4O. The second-order valence-corrected chi connectivity index (χ2v) is 3.91. The average Bonchev–Trinajstić information content (AvgIpc) is 2.82.